The average molecular weight is 380 g/mol. The quantitative estimate of drug-likeness (QED) is 0.386. The number of halogens is 1. The Morgan fingerprint density at radius 3 is 2.41 bits per heavy atom. The lowest BCUT2D eigenvalue weighted by Crippen LogP contribution is -2.03. The molecule has 0 aliphatic rings. The lowest BCUT2D eigenvalue weighted by atomic mass is 10.2. The molecule has 0 saturated carbocycles. The van der Waals surface area contributed by atoms with E-state index < -0.39 is 0 Å². The molecule has 136 valence electrons. The summed E-state index contributed by atoms with van der Waals surface area (Å²) >= 11 is 5.91. The van der Waals surface area contributed by atoms with Crippen molar-refractivity contribution in [3.8, 4) is 11.5 Å². The Bertz CT molecular complexity index is 935. The Hall–Kier alpha value is -3.11. The zero-order chi connectivity index (χ0) is 19.1. The molecule has 0 atom stereocenters. The summed E-state index contributed by atoms with van der Waals surface area (Å²) in [7, 11) is 0. The summed E-state index contributed by atoms with van der Waals surface area (Å²) in [5.41, 5.74) is 2.06. The number of hydrogen-bond donors (Lipinski definition) is 0. The van der Waals surface area contributed by atoms with Crippen molar-refractivity contribution >= 4 is 29.5 Å². The number of carbonyl (C=O) groups is 1. The monoisotopic (exact) mass is 379 g/mol. The van der Waals surface area contributed by atoms with E-state index in [0.29, 0.717) is 28.7 Å². The van der Waals surface area contributed by atoms with Crippen molar-refractivity contribution in [3.05, 3.63) is 88.9 Å². The molecule has 5 heteroatoms. The highest BCUT2D eigenvalue weighted by molar-refractivity contribution is 6.30. The molecule has 3 aromatic carbocycles. The van der Waals surface area contributed by atoms with Crippen molar-refractivity contribution in [2.24, 2.45) is 4.99 Å². The van der Waals surface area contributed by atoms with Gasteiger partial charge in [0, 0.05) is 16.8 Å². The molecule has 27 heavy (non-hydrogen) atoms. The second-order valence-electron chi connectivity index (χ2n) is 5.62. The minimum atomic E-state index is -0.338. The van der Waals surface area contributed by atoms with Crippen molar-refractivity contribution in [1.29, 1.82) is 0 Å². The highest BCUT2D eigenvalue weighted by Crippen LogP contribution is 2.26. The fraction of sp³-hybridized carbons (Fsp3) is 0.0909. The number of esters is 1. The molecule has 0 amide bonds. The van der Waals surface area contributed by atoms with E-state index in [-0.39, 0.29) is 5.97 Å². The van der Waals surface area contributed by atoms with E-state index in [9.17, 15) is 4.79 Å². The summed E-state index contributed by atoms with van der Waals surface area (Å²) in [4.78, 5) is 16.2. The van der Waals surface area contributed by atoms with Crippen LogP contribution in [0.2, 0.25) is 5.02 Å². The molecule has 0 saturated heterocycles. The van der Waals surface area contributed by atoms with Crippen LogP contribution in [-0.2, 0) is 4.74 Å². The number of ether oxygens (including phenoxy) is 2. The van der Waals surface area contributed by atoms with Crippen molar-refractivity contribution in [3.63, 3.8) is 0 Å². The van der Waals surface area contributed by atoms with Crippen LogP contribution in [0.25, 0.3) is 0 Å². The van der Waals surface area contributed by atoms with Crippen LogP contribution in [0.4, 0.5) is 5.69 Å². The topological polar surface area (TPSA) is 47.9 Å². The van der Waals surface area contributed by atoms with Gasteiger partial charge in [-0.1, -0.05) is 23.7 Å². The number of para-hydroxylation sites is 1. The van der Waals surface area contributed by atoms with Gasteiger partial charge in [0.1, 0.15) is 11.5 Å². The van der Waals surface area contributed by atoms with Gasteiger partial charge >= 0.3 is 5.97 Å². The summed E-state index contributed by atoms with van der Waals surface area (Å²) in [6.07, 6.45) is 1.73. The van der Waals surface area contributed by atoms with Crippen LogP contribution < -0.4 is 4.74 Å². The average Bonchev–Trinajstić information content (AvgIpc) is 2.69. The smallest absolute Gasteiger partial charge is 0.338 e. The first-order chi connectivity index (χ1) is 13.2. The molecule has 0 N–H and O–H groups in total. The van der Waals surface area contributed by atoms with Gasteiger partial charge in [-0.05, 0) is 67.6 Å². The SMILES string of the molecule is CCOC(=O)c1ccc(N=Cc2ccccc2Oc2ccc(Cl)cc2)cc1. The summed E-state index contributed by atoms with van der Waals surface area (Å²) in [6, 6.07) is 21.7. The second-order valence-corrected chi connectivity index (χ2v) is 6.06. The van der Waals surface area contributed by atoms with Gasteiger partial charge in [-0.2, -0.15) is 0 Å². The first-order valence-electron chi connectivity index (χ1n) is 8.49. The fourth-order valence-electron chi connectivity index (χ4n) is 2.35. The third-order valence-corrected chi connectivity index (χ3v) is 3.94. The van der Waals surface area contributed by atoms with Crippen LogP contribution in [-0.4, -0.2) is 18.8 Å². The van der Waals surface area contributed by atoms with Gasteiger partial charge in [-0.3, -0.25) is 4.99 Å². The number of hydrogen-bond acceptors (Lipinski definition) is 4. The molecule has 0 aliphatic heterocycles. The zero-order valence-corrected chi connectivity index (χ0v) is 15.5. The van der Waals surface area contributed by atoms with E-state index in [0.717, 1.165) is 11.3 Å². The van der Waals surface area contributed by atoms with Crippen LogP contribution in [0.1, 0.15) is 22.8 Å². The molecule has 0 fully saturated rings. The maximum atomic E-state index is 11.7. The summed E-state index contributed by atoms with van der Waals surface area (Å²) in [5.74, 6) is 1.04. The third-order valence-electron chi connectivity index (χ3n) is 3.69. The number of nitrogens with zero attached hydrogens (tertiary/aromatic N) is 1. The number of rotatable bonds is 6. The molecule has 0 radical (unpaired) electrons. The molecule has 0 unspecified atom stereocenters. The van der Waals surface area contributed by atoms with Crippen molar-refractivity contribution in [1.82, 2.24) is 0 Å². The van der Waals surface area contributed by atoms with Crippen LogP contribution in [0, 0.1) is 0 Å². The second kappa shape index (κ2) is 9.01. The Labute approximate surface area is 163 Å². The lowest BCUT2D eigenvalue weighted by Gasteiger charge is -2.08. The zero-order valence-electron chi connectivity index (χ0n) is 14.8. The predicted octanol–water partition coefficient (Wildman–Crippen LogP) is 6.06. The van der Waals surface area contributed by atoms with Crippen LogP contribution in [0.15, 0.2) is 77.8 Å². The molecule has 3 rings (SSSR count). The number of aliphatic imine (C=N–C) groups is 1. The van der Waals surface area contributed by atoms with E-state index in [1.165, 1.54) is 0 Å². The van der Waals surface area contributed by atoms with E-state index in [1.54, 1.807) is 49.5 Å². The van der Waals surface area contributed by atoms with Gasteiger partial charge in [0.05, 0.1) is 17.9 Å². The van der Waals surface area contributed by atoms with Gasteiger partial charge in [-0.25, -0.2) is 4.79 Å². The maximum Gasteiger partial charge on any atom is 0.338 e. The number of carbonyl (C=O) groups excluding carboxylic acids is 1. The first kappa shape index (κ1) is 18.7. The molecule has 4 nitrogen and oxygen atoms in total. The Kier molecular flexibility index (Phi) is 6.23. The first-order valence-corrected chi connectivity index (χ1v) is 8.87. The standard InChI is InChI=1S/C22H18ClNO3/c1-2-26-22(25)16-7-11-19(12-8-16)24-15-17-5-3-4-6-21(17)27-20-13-9-18(23)10-14-20/h3-15H,2H2,1H3. The van der Waals surface area contributed by atoms with Crippen molar-refractivity contribution < 1.29 is 14.3 Å². The minimum Gasteiger partial charge on any atom is -0.462 e. The normalized spacial score (nSPS) is 10.7. The predicted molar refractivity (Wildman–Crippen MR) is 108 cm³/mol. The van der Waals surface area contributed by atoms with Gasteiger partial charge < -0.3 is 9.47 Å². The van der Waals surface area contributed by atoms with Crippen molar-refractivity contribution in [2.45, 2.75) is 6.92 Å². The summed E-state index contributed by atoms with van der Waals surface area (Å²) in [5, 5.41) is 0.656. The maximum absolute atomic E-state index is 11.7. The van der Waals surface area contributed by atoms with Gasteiger partial charge in [0.15, 0.2) is 0 Å². The third kappa shape index (κ3) is 5.19. The van der Waals surface area contributed by atoms with E-state index >= 15 is 0 Å². The van der Waals surface area contributed by atoms with Gasteiger partial charge in [0.2, 0.25) is 0 Å². The summed E-state index contributed by atoms with van der Waals surface area (Å²) in [6.45, 7) is 2.13. The van der Waals surface area contributed by atoms with E-state index in [4.69, 9.17) is 21.1 Å². The van der Waals surface area contributed by atoms with Crippen LogP contribution in [0.5, 0.6) is 11.5 Å². The molecule has 0 spiro atoms. The Morgan fingerprint density at radius 2 is 1.70 bits per heavy atom. The van der Waals surface area contributed by atoms with Crippen LogP contribution >= 0.6 is 11.6 Å². The van der Waals surface area contributed by atoms with Crippen LogP contribution in [0.3, 0.4) is 0 Å². The van der Waals surface area contributed by atoms with Gasteiger partial charge in [0.25, 0.3) is 0 Å². The molecule has 0 aromatic heterocycles. The highest BCUT2D eigenvalue weighted by atomic mass is 35.5. The molecule has 3 aromatic rings. The largest absolute Gasteiger partial charge is 0.462 e. The van der Waals surface area contributed by atoms with Crippen molar-refractivity contribution in [2.75, 3.05) is 6.61 Å². The Balaban J connectivity index is 1.75. The number of benzene rings is 3. The molecule has 0 heterocycles. The molecule has 0 bridgehead atoms. The molecular weight excluding hydrogens is 362 g/mol. The highest BCUT2D eigenvalue weighted by Gasteiger charge is 2.06. The lowest BCUT2D eigenvalue weighted by molar-refractivity contribution is 0.0526. The molecule has 0 aliphatic carbocycles. The van der Waals surface area contributed by atoms with E-state index in [1.807, 2.05) is 36.4 Å². The fourth-order valence-corrected chi connectivity index (χ4v) is 2.48. The molecular formula is C22H18ClNO3. The minimum absolute atomic E-state index is 0.338. The Morgan fingerprint density at radius 1 is 1.00 bits per heavy atom. The summed E-state index contributed by atoms with van der Waals surface area (Å²) < 4.78 is 10.9. The van der Waals surface area contributed by atoms with E-state index in [2.05, 4.69) is 4.99 Å². The van der Waals surface area contributed by atoms with Gasteiger partial charge in [-0.15, -0.1) is 0 Å².